The normalized spacial score (nSPS) is 45.9. The lowest BCUT2D eigenvalue weighted by atomic mass is 9.68. The second kappa shape index (κ2) is 6.58. The largest absolute Gasteiger partial charge is 0.393 e. The summed E-state index contributed by atoms with van der Waals surface area (Å²) in [5.74, 6) is 4.57. The van der Waals surface area contributed by atoms with Crippen LogP contribution in [0.15, 0.2) is 0 Å². The van der Waals surface area contributed by atoms with Crippen LogP contribution in [0.1, 0.15) is 58.3 Å². The molecule has 1 spiro atoms. The van der Waals surface area contributed by atoms with E-state index in [-0.39, 0.29) is 11.7 Å². The van der Waals surface area contributed by atoms with Crippen molar-refractivity contribution in [2.75, 3.05) is 18.1 Å². The maximum atomic E-state index is 10.5. The summed E-state index contributed by atoms with van der Waals surface area (Å²) in [5, 5.41) is 10.5. The molecule has 0 aromatic rings. The highest BCUT2D eigenvalue weighted by Crippen LogP contribution is 2.46. The third-order valence-electron chi connectivity index (χ3n) is 5.87. The number of hydrogen-bond acceptors (Lipinski definition) is 3. The first-order valence-corrected chi connectivity index (χ1v) is 9.78. The minimum Gasteiger partial charge on any atom is -0.393 e. The molecule has 3 aliphatic rings. The Morgan fingerprint density at radius 3 is 2.95 bits per heavy atom. The minimum atomic E-state index is -0.0442. The fraction of sp³-hybridized carbons (Fsp3) is 1.00. The van der Waals surface area contributed by atoms with Gasteiger partial charge in [-0.25, -0.2) is 0 Å². The fourth-order valence-electron chi connectivity index (χ4n) is 4.75. The van der Waals surface area contributed by atoms with Crippen LogP contribution in [0.5, 0.6) is 0 Å². The molecular weight excluding hydrogens is 268 g/mol. The molecule has 5 atom stereocenters. The molecule has 2 nitrogen and oxygen atoms in total. The molecule has 0 aromatic carbocycles. The molecule has 3 fully saturated rings. The average molecular weight is 298 g/mol. The van der Waals surface area contributed by atoms with E-state index in [9.17, 15) is 5.11 Å². The number of hydrogen-bond donors (Lipinski definition) is 1. The Kier molecular flexibility index (Phi) is 4.99. The van der Waals surface area contributed by atoms with Gasteiger partial charge in [0.25, 0.3) is 0 Å². The van der Waals surface area contributed by atoms with Crippen LogP contribution in [-0.4, -0.2) is 34.9 Å². The zero-order valence-electron chi connectivity index (χ0n) is 12.9. The SMILES string of the molecule is CCCC1CCC(O)C(C2CCOC3(CCSC3)C2)C1. The van der Waals surface area contributed by atoms with Gasteiger partial charge in [-0.05, 0) is 62.0 Å². The van der Waals surface area contributed by atoms with E-state index in [0.29, 0.717) is 11.8 Å². The van der Waals surface area contributed by atoms with Gasteiger partial charge < -0.3 is 9.84 Å². The van der Waals surface area contributed by atoms with Gasteiger partial charge in [0.2, 0.25) is 0 Å². The molecule has 5 unspecified atom stereocenters. The molecule has 1 saturated carbocycles. The van der Waals surface area contributed by atoms with Crippen molar-refractivity contribution in [1.82, 2.24) is 0 Å². The van der Waals surface area contributed by atoms with Crippen molar-refractivity contribution in [3.63, 3.8) is 0 Å². The van der Waals surface area contributed by atoms with Crippen LogP contribution in [0.25, 0.3) is 0 Å². The number of thioether (sulfide) groups is 1. The molecule has 1 N–H and O–H groups in total. The van der Waals surface area contributed by atoms with Gasteiger partial charge >= 0.3 is 0 Å². The van der Waals surface area contributed by atoms with Gasteiger partial charge in [-0.15, -0.1) is 0 Å². The van der Waals surface area contributed by atoms with Crippen LogP contribution < -0.4 is 0 Å². The number of rotatable bonds is 3. The van der Waals surface area contributed by atoms with Gasteiger partial charge in [-0.3, -0.25) is 0 Å². The highest BCUT2D eigenvalue weighted by molar-refractivity contribution is 7.99. The zero-order valence-corrected chi connectivity index (χ0v) is 13.7. The van der Waals surface area contributed by atoms with Crippen LogP contribution in [0.4, 0.5) is 0 Å². The Hall–Kier alpha value is 0.270. The molecule has 3 rings (SSSR count). The van der Waals surface area contributed by atoms with Gasteiger partial charge in [-0.2, -0.15) is 11.8 Å². The quantitative estimate of drug-likeness (QED) is 0.858. The fourth-order valence-corrected chi connectivity index (χ4v) is 6.13. The molecule has 0 radical (unpaired) electrons. The summed E-state index contributed by atoms with van der Waals surface area (Å²) in [6, 6.07) is 0. The molecule has 1 aliphatic carbocycles. The van der Waals surface area contributed by atoms with Crippen molar-refractivity contribution < 1.29 is 9.84 Å². The molecule has 2 aliphatic heterocycles. The van der Waals surface area contributed by atoms with Crippen LogP contribution >= 0.6 is 11.8 Å². The van der Waals surface area contributed by atoms with Crippen molar-refractivity contribution in [1.29, 1.82) is 0 Å². The Labute approximate surface area is 128 Å². The monoisotopic (exact) mass is 298 g/mol. The van der Waals surface area contributed by atoms with Crippen LogP contribution in [0.3, 0.4) is 0 Å². The summed E-state index contributed by atoms with van der Waals surface area (Å²) in [6.45, 7) is 3.21. The zero-order chi connectivity index (χ0) is 14.0. The predicted octanol–water partition coefficient (Wildman–Crippen LogP) is 3.87. The first kappa shape index (κ1) is 15.2. The smallest absolute Gasteiger partial charge is 0.0783 e. The van der Waals surface area contributed by atoms with E-state index < -0.39 is 0 Å². The number of ether oxygens (including phenoxy) is 1. The predicted molar refractivity (Wildman–Crippen MR) is 85.1 cm³/mol. The third kappa shape index (κ3) is 3.20. The average Bonchev–Trinajstić information content (AvgIpc) is 2.89. The molecule has 2 saturated heterocycles. The highest BCUT2D eigenvalue weighted by atomic mass is 32.2. The summed E-state index contributed by atoms with van der Waals surface area (Å²) in [4.78, 5) is 0. The van der Waals surface area contributed by atoms with Crippen molar-refractivity contribution in [3.8, 4) is 0 Å². The molecule has 116 valence electrons. The molecule has 0 bridgehead atoms. The standard InChI is InChI=1S/C17H30O2S/c1-2-3-13-4-5-16(18)15(10-13)14-6-8-19-17(11-14)7-9-20-12-17/h13-16,18H,2-12H2,1H3. The number of aliphatic hydroxyl groups is 1. The van der Waals surface area contributed by atoms with E-state index in [2.05, 4.69) is 18.7 Å². The molecule has 20 heavy (non-hydrogen) atoms. The van der Waals surface area contributed by atoms with Gasteiger partial charge in [0.1, 0.15) is 0 Å². The van der Waals surface area contributed by atoms with Crippen molar-refractivity contribution in [2.45, 2.75) is 70.0 Å². The summed E-state index contributed by atoms with van der Waals surface area (Å²) < 4.78 is 6.15. The van der Waals surface area contributed by atoms with E-state index in [0.717, 1.165) is 18.9 Å². The minimum absolute atomic E-state index is 0.0442. The maximum absolute atomic E-state index is 10.5. The molecule has 0 aromatic heterocycles. The summed E-state index contributed by atoms with van der Waals surface area (Å²) >= 11 is 2.05. The van der Waals surface area contributed by atoms with Crippen molar-refractivity contribution in [3.05, 3.63) is 0 Å². The van der Waals surface area contributed by atoms with Gasteiger partial charge in [-0.1, -0.05) is 19.8 Å². The Morgan fingerprint density at radius 1 is 1.30 bits per heavy atom. The van der Waals surface area contributed by atoms with Crippen molar-refractivity contribution in [2.24, 2.45) is 17.8 Å². The lowest BCUT2D eigenvalue weighted by Gasteiger charge is -2.45. The summed E-state index contributed by atoms with van der Waals surface area (Å²) in [7, 11) is 0. The Balaban J connectivity index is 1.64. The molecule has 0 amide bonds. The molecule has 2 heterocycles. The third-order valence-corrected chi connectivity index (χ3v) is 7.09. The second-order valence-electron chi connectivity index (χ2n) is 7.29. The lowest BCUT2D eigenvalue weighted by molar-refractivity contribution is -0.108. The first-order valence-electron chi connectivity index (χ1n) is 8.62. The lowest BCUT2D eigenvalue weighted by Crippen LogP contribution is -2.45. The van der Waals surface area contributed by atoms with Gasteiger partial charge in [0.15, 0.2) is 0 Å². The van der Waals surface area contributed by atoms with Crippen LogP contribution in [0.2, 0.25) is 0 Å². The maximum Gasteiger partial charge on any atom is 0.0783 e. The van der Waals surface area contributed by atoms with E-state index >= 15 is 0 Å². The first-order chi connectivity index (χ1) is 9.72. The van der Waals surface area contributed by atoms with E-state index in [1.54, 1.807) is 0 Å². The van der Waals surface area contributed by atoms with E-state index in [4.69, 9.17) is 4.74 Å². The van der Waals surface area contributed by atoms with Gasteiger partial charge in [0.05, 0.1) is 11.7 Å². The summed E-state index contributed by atoms with van der Waals surface area (Å²) in [5.41, 5.74) is 0.172. The topological polar surface area (TPSA) is 29.5 Å². The van der Waals surface area contributed by atoms with Crippen LogP contribution in [-0.2, 0) is 4.74 Å². The Morgan fingerprint density at radius 2 is 2.20 bits per heavy atom. The molecular formula is C17H30O2S. The molecule has 3 heteroatoms. The highest BCUT2D eigenvalue weighted by Gasteiger charge is 2.44. The Bertz CT molecular complexity index is 314. The number of aliphatic hydroxyl groups excluding tert-OH is 1. The van der Waals surface area contributed by atoms with Crippen LogP contribution in [0, 0.1) is 17.8 Å². The van der Waals surface area contributed by atoms with Crippen molar-refractivity contribution >= 4 is 11.8 Å². The van der Waals surface area contributed by atoms with Gasteiger partial charge in [0, 0.05) is 12.4 Å². The second-order valence-corrected chi connectivity index (χ2v) is 8.39. The van der Waals surface area contributed by atoms with E-state index in [1.165, 1.54) is 56.5 Å². The summed E-state index contributed by atoms with van der Waals surface area (Å²) in [6.07, 6.45) is 9.77. The van der Waals surface area contributed by atoms with E-state index in [1.807, 2.05) is 0 Å².